The molecule has 2 heterocycles. The van der Waals surface area contributed by atoms with Gasteiger partial charge in [-0.25, -0.2) is 4.98 Å². The second-order valence-electron chi connectivity index (χ2n) is 6.19. The Kier molecular flexibility index (Phi) is 6.78. The number of pyridine rings is 1. The SMILES string of the molecule is O=C(CCN(Cc1ccccc1)C(=O)c1cnccn1)NCc1cccnc1. The first-order valence-corrected chi connectivity index (χ1v) is 8.97. The van der Waals surface area contributed by atoms with Crippen molar-refractivity contribution in [1.29, 1.82) is 0 Å². The quantitative estimate of drug-likeness (QED) is 0.652. The van der Waals surface area contributed by atoms with Crippen LogP contribution in [0.15, 0.2) is 73.4 Å². The Bertz CT molecular complexity index is 888. The van der Waals surface area contributed by atoms with Gasteiger partial charge in [-0.2, -0.15) is 0 Å². The summed E-state index contributed by atoms with van der Waals surface area (Å²) in [6, 6.07) is 13.4. The highest BCUT2D eigenvalue weighted by molar-refractivity contribution is 5.92. The van der Waals surface area contributed by atoms with E-state index in [9.17, 15) is 9.59 Å². The number of amides is 2. The smallest absolute Gasteiger partial charge is 0.274 e. The first-order valence-electron chi connectivity index (χ1n) is 8.97. The Morgan fingerprint density at radius 1 is 0.893 bits per heavy atom. The van der Waals surface area contributed by atoms with E-state index in [0.29, 0.717) is 13.1 Å². The summed E-state index contributed by atoms with van der Waals surface area (Å²) in [6.45, 7) is 1.08. The van der Waals surface area contributed by atoms with E-state index in [2.05, 4.69) is 20.3 Å². The Hall–Kier alpha value is -3.61. The number of hydrogen-bond acceptors (Lipinski definition) is 5. The summed E-state index contributed by atoms with van der Waals surface area (Å²) in [5, 5.41) is 2.85. The number of nitrogens with one attached hydrogen (secondary N) is 1. The topological polar surface area (TPSA) is 88.1 Å². The minimum absolute atomic E-state index is 0.131. The molecule has 3 aromatic rings. The van der Waals surface area contributed by atoms with Gasteiger partial charge in [-0.3, -0.25) is 19.6 Å². The van der Waals surface area contributed by atoms with Crippen LogP contribution in [0.5, 0.6) is 0 Å². The van der Waals surface area contributed by atoms with Gasteiger partial charge in [-0.1, -0.05) is 36.4 Å². The molecule has 0 unspecified atom stereocenters. The van der Waals surface area contributed by atoms with Crippen molar-refractivity contribution in [3.05, 3.63) is 90.3 Å². The van der Waals surface area contributed by atoms with Crippen LogP contribution in [0.2, 0.25) is 0 Å². The summed E-state index contributed by atoms with van der Waals surface area (Å²) in [5.74, 6) is -0.383. The van der Waals surface area contributed by atoms with E-state index in [1.807, 2.05) is 42.5 Å². The molecule has 7 heteroatoms. The zero-order valence-corrected chi connectivity index (χ0v) is 15.4. The Balaban J connectivity index is 1.61. The van der Waals surface area contributed by atoms with Gasteiger partial charge in [0.15, 0.2) is 0 Å². The second kappa shape index (κ2) is 9.91. The van der Waals surface area contributed by atoms with Crippen molar-refractivity contribution in [2.24, 2.45) is 0 Å². The minimum Gasteiger partial charge on any atom is -0.352 e. The third kappa shape index (κ3) is 5.70. The number of aromatic nitrogens is 3. The summed E-state index contributed by atoms with van der Waals surface area (Å²) in [5.41, 5.74) is 2.16. The minimum atomic E-state index is -0.253. The highest BCUT2D eigenvalue weighted by atomic mass is 16.2. The van der Waals surface area contributed by atoms with Crippen LogP contribution in [-0.2, 0) is 17.9 Å². The molecule has 0 aliphatic carbocycles. The van der Waals surface area contributed by atoms with E-state index in [4.69, 9.17) is 0 Å². The normalized spacial score (nSPS) is 10.3. The summed E-state index contributed by atoms with van der Waals surface area (Å²) >= 11 is 0. The fourth-order valence-electron chi connectivity index (χ4n) is 2.66. The second-order valence-corrected chi connectivity index (χ2v) is 6.19. The molecule has 28 heavy (non-hydrogen) atoms. The molecule has 0 radical (unpaired) electrons. The van der Waals surface area contributed by atoms with Gasteiger partial charge in [-0.05, 0) is 17.2 Å². The Morgan fingerprint density at radius 2 is 1.68 bits per heavy atom. The van der Waals surface area contributed by atoms with Crippen molar-refractivity contribution < 1.29 is 9.59 Å². The molecule has 2 amide bonds. The number of benzene rings is 1. The molecule has 0 spiro atoms. The zero-order chi connectivity index (χ0) is 19.6. The lowest BCUT2D eigenvalue weighted by Crippen LogP contribution is -2.35. The molecular weight excluding hydrogens is 354 g/mol. The molecule has 1 N–H and O–H groups in total. The molecule has 7 nitrogen and oxygen atoms in total. The molecule has 2 aromatic heterocycles. The highest BCUT2D eigenvalue weighted by Crippen LogP contribution is 2.09. The van der Waals surface area contributed by atoms with Crippen molar-refractivity contribution in [2.45, 2.75) is 19.5 Å². The van der Waals surface area contributed by atoms with Crippen molar-refractivity contribution in [1.82, 2.24) is 25.2 Å². The number of hydrogen-bond donors (Lipinski definition) is 1. The van der Waals surface area contributed by atoms with Gasteiger partial charge in [0.1, 0.15) is 5.69 Å². The first kappa shape index (κ1) is 19.2. The van der Waals surface area contributed by atoms with Crippen molar-refractivity contribution in [3.63, 3.8) is 0 Å². The summed E-state index contributed by atoms with van der Waals surface area (Å²) in [7, 11) is 0. The molecule has 0 saturated carbocycles. The van der Waals surface area contributed by atoms with Crippen LogP contribution in [0.25, 0.3) is 0 Å². The van der Waals surface area contributed by atoms with E-state index in [0.717, 1.165) is 11.1 Å². The molecule has 0 aliphatic rings. The first-order chi connectivity index (χ1) is 13.7. The molecule has 0 fully saturated rings. The van der Waals surface area contributed by atoms with Crippen LogP contribution in [0.1, 0.15) is 28.0 Å². The monoisotopic (exact) mass is 375 g/mol. The Morgan fingerprint density at radius 3 is 2.39 bits per heavy atom. The maximum Gasteiger partial charge on any atom is 0.274 e. The maximum absolute atomic E-state index is 12.8. The molecular formula is C21H21N5O2. The van der Waals surface area contributed by atoms with Crippen LogP contribution < -0.4 is 5.32 Å². The summed E-state index contributed by atoms with van der Waals surface area (Å²) in [6.07, 6.45) is 8.02. The predicted octanol–water partition coefficient (Wildman–Crippen LogP) is 2.22. The lowest BCUT2D eigenvalue weighted by Gasteiger charge is -2.22. The van der Waals surface area contributed by atoms with Crippen molar-refractivity contribution in [2.75, 3.05) is 6.54 Å². The van der Waals surface area contributed by atoms with Crippen LogP contribution >= 0.6 is 0 Å². The van der Waals surface area contributed by atoms with Gasteiger partial charge in [0.2, 0.25) is 5.91 Å². The predicted molar refractivity (Wildman–Crippen MR) is 104 cm³/mol. The largest absolute Gasteiger partial charge is 0.352 e. The third-order valence-electron chi connectivity index (χ3n) is 4.11. The average Bonchev–Trinajstić information content (AvgIpc) is 2.76. The molecule has 142 valence electrons. The van der Waals surface area contributed by atoms with Crippen LogP contribution in [0.4, 0.5) is 0 Å². The average molecular weight is 375 g/mol. The van der Waals surface area contributed by atoms with Crippen LogP contribution in [0, 0.1) is 0 Å². The lowest BCUT2D eigenvalue weighted by molar-refractivity contribution is -0.121. The molecule has 0 saturated heterocycles. The van der Waals surface area contributed by atoms with Gasteiger partial charge in [0.25, 0.3) is 5.91 Å². The van der Waals surface area contributed by atoms with Gasteiger partial charge in [0.05, 0.1) is 6.20 Å². The van der Waals surface area contributed by atoms with E-state index in [1.54, 1.807) is 17.3 Å². The van der Waals surface area contributed by atoms with Crippen molar-refractivity contribution in [3.8, 4) is 0 Å². The number of carbonyl (C=O) groups is 2. The van der Waals surface area contributed by atoms with Gasteiger partial charge < -0.3 is 10.2 Å². The molecule has 3 rings (SSSR count). The summed E-state index contributed by atoms with van der Waals surface area (Å²) in [4.78, 5) is 38.7. The van der Waals surface area contributed by atoms with E-state index >= 15 is 0 Å². The Labute approximate surface area is 163 Å². The fraction of sp³-hybridized carbons (Fsp3) is 0.190. The molecule has 1 aromatic carbocycles. The standard InChI is InChI=1S/C21H21N5O2/c27-20(25-14-18-7-4-9-22-13-18)8-12-26(16-17-5-2-1-3-6-17)21(28)19-15-23-10-11-24-19/h1-7,9-11,13,15H,8,12,14,16H2,(H,25,27). The van der Waals surface area contributed by atoms with Gasteiger partial charge >= 0.3 is 0 Å². The number of nitrogens with zero attached hydrogens (tertiary/aromatic N) is 4. The van der Waals surface area contributed by atoms with Crippen LogP contribution in [-0.4, -0.2) is 38.2 Å². The number of carbonyl (C=O) groups excluding carboxylic acids is 2. The van der Waals surface area contributed by atoms with E-state index in [-0.39, 0.29) is 30.5 Å². The maximum atomic E-state index is 12.8. The zero-order valence-electron chi connectivity index (χ0n) is 15.4. The molecule has 0 atom stereocenters. The van der Waals surface area contributed by atoms with E-state index in [1.165, 1.54) is 18.6 Å². The third-order valence-corrected chi connectivity index (χ3v) is 4.11. The highest BCUT2D eigenvalue weighted by Gasteiger charge is 2.18. The molecule has 0 aliphatic heterocycles. The van der Waals surface area contributed by atoms with Crippen LogP contribution in [0.3, 0.4) is 0 Å². The fourth-order valence-corrected chi connectivity index (χ4v) is 2.66. The van der Waals surface area contributed by atoms with Gasteiger partial charge in [-0.15, -0.1) is 0 Å². The lowest BCUT2D eigenvalue weighted by atomic mass is 10.2. The van der Waals surface area contributed by atoms with Gasteiger partial charge in [0, 0.05) is 50.8 Å². The summed E-state index contributed by atoms with van der Waals surface area (Å²) < 4.78 is 0. The van der Waals surface area contributed by atoms with Crippen molar-refractivity contribution >= 4 is 11.8 Å². The number of rotatable bonds is 8. The van der Waals surface area contributed by atoms with E-state index < -0.39 is 0 Å². The molecule has 0 bridgehead atoms.